The molecular formula is C24H22O2. The summed E-state index contributed by atoms with van der Waals surface area (Å²) in [6.07, 6.45) is 2.61. The third kappa shape index (κ3) is 3.70. The summed E-state index contributed by atoms with van der Waals surface area (Å²) >= 11 is 0. The number of hydrogen-bond donors (Lipinski definition) is 0. The number of benzene rings is 3. The van der Waals surface area contributed by atoms with Crippen molar-refractivity contribution in [3.63, 3.8) is 0 Å². The molecule has 0 spiro atoms. The lowest BCUT2D eigenvalue weighted by Crippen LogP contribution is -2.02. The van der Waals surface area contributed by atoms with Gasteiger partial charge in [0.1, 0.15) is 12.4 Å². The average molecular weight is 342 g/mol. The lowest BCUT2D eigenvalue weighted by atomic mass is 9.99. The van der Waals surface area contributed by atoms with E-state index in [0.717, 1.165) is 22.6 Å². The molecule has 1 saturated carbocycles. The van der Waals surface area contributed by atoms with Gasteiger partial charge in [-0.2, -0.15) is 0 Å². The molecule has 1 fully saturated rings. The fourth-order valence-electron chi connectivity index (χ4n) is 3.21. The predicted octanol–water partition coefficient (Wildman–Crippen LogP) is 6.01. The maximum absolute atomic E-state index is 12.1. The molecule has 0 amide bonds. The van der Waals surface area contributed by atoms with Crippen LogP contribution in [-0.2, 0) is 6.61 Å². The van der Waals surface area contributed by atoms with Gasteiger partial charge in [0.05, 0.1) is 5.56 Å². The van der Waals surface area contributed by atoms with Crippen LogP contribution in [0, 0.1) is 0 Å². The van der Waals surface area contributed by atoms with Crippen LogP contribution in [0.15, 0.2) is 72.8 Å². The minimum absolute atomic E-state index is 0.0181. The zero-order valence-electron chi connectivity index (χ0n) is 14.9. The maximum Gasteiger partial charge on any atom is 0.163 e. The molecule has 26 heavy (non-hydrogen) atoms. The fraction of sp³-hybridized carbons (Fsp3) is 0.208. The van der Waals surface area contributed by atoms with Crippen LogP contribution in [0.4, 0.5) is 0 Å². The zero-order chi connectivity index (χ0) is 17.9. The van der Waals surface area contributed by atoms with Gasteiger partial charge in [-0.3, -0.25) is 4.79 Å². The third-order valence-corrected chi connectivity index (χ3v) is 4.89. The first kappa shape index (κ1) is 16.6. The van der Waals surface area contributed by atoms with Gasteiger partial charge in [0, 0.05) is 0 Å². The fourth-order valence-corrected chi connectivity index (χ4v) is 3.21. The second kappa shape index (κ2) is 7.17. The van der Waals surface area contributed by atoms with Crippen molar-refractivity contribution in [1.82, 2.24) is 0 Å². The topological polar surface area (TPSA) is 26.3 Å². The van der Waals surface area contributed by atoms with E-state index in [1.807, 2.05) is 48.5 Å². The number of carbonyl (C=O) groups is 1. The van der Waals surface area contributed by atoms with Gasteiger partial charge in [0.25, 0.3) is 0 Å². The summed E-state index contributed by atoms with van der Waals surface area (Å²) in [4.78, 5) is 12.1. The van der Waals surface area contributed by atoms with Crippen molar-refractivity contribution in [3.8, 4) is 16.9 Å². The van der Waals surface area contributed by atoms with Gasteiger partial charge in [-0.05, 0) is 60.1 Å². The van der Waals surface area contributed by atoms with Crippen molar-refractivity contribution in [2.45, 2.75) is 32.3 Å². The Morgan fingerprint density at radius 3 is 2.27 bits per heavy atom. The van der Waals surface area contributed by atoms with Crippen molar-refractivity contribution in [2.24, 2.45) is 0 Å². The van der Waals surface area contributed by atoms with Gasteiger partial charge < -0.3 is 4.74 Å². The first-order valence-corrected chi connectivity index (χ1v) is 9.13. The summed E-state index contributed by atoms with van der Waals surface area (Å²) < 4.78 is 5.91. The Labute approximate surface area is 154 Å². The van der Waals surface area contributed by atoms with Crippen molar-refractivity contribution in [3.05, 3.63) is 89.5 Å². The molecule has 4 rings (SSSR count). The molecule has 0 aromatic heterocycles. The average Bonchev–Trinajstić information content (AvgIpc) is 3.52. The highest BCUT2D eigenvalue weighted by Gasteiger charge is 2.23. The molecule has 0 saturated heterocycles. The molecule has 1 aliphatic carbocycles. The van der Waals surface area contributed by atoms with Crippen molar-refractivity contribution in [2.75, 3.05) is 0 Å². The number of rotatable bonds is 6. The number of hydrogen-bond acceptors (Lipinski definition) is 2. The standard InChI is InChI=1S/C24H22O2/c1-17(25)23-15-22(21-11-9-20(10-12-21)19-7-8-19)13-14-24(23)26-16-18-5-3-2-4-6-18/h2-6,9-15,19H,7-8,16H2,1H3. The van der Waals surface area contributed by atoms with Crippen molar-refractivity contribution >= 4 is 5.78 Å². The Balaban J connectivity index is 1.57. The summed E-state index contributed by atoms with van der Waals surface area (Å²) in [5.74, 6) is 1.41. The summed E-state index contributed by atoms with van der Waals surface area (Å²) in [6.45, 7) is 2.04. The Morgan fingerprint density at radius 1 is 0.923 bits per heavy atom. The van der Waals surface area contributed by atoms with Gasteiger partial charge in [0.2, 0.25) is 0 Å². The van der Waals surface area contributed by atoms with Crippen LogP contribution in [0.2, 0.25) is 0 Å². The molecule has 0 aliphatic heterocycles. The summed E-state index contributed by atoms with van der Waals surface area (Å²) in [6, 6.07) is 24.6. The molecule has 0 heterocycles. The van der Waals surface area contributed by atoms with E-state index in [1.54, 1.807) is 6.92 Å². The predicted molar refractivity (Wildman–Crippen MR) is 105 cm³/mol. The highest BCUT2D eigenvalue weighted by molar-refractivity contribution is 5.98. The smallest absolute Gasteiger partial charge is 0.163 e. The first-order valence-electron chi connectivity index (χ1n) is 9.13. The molecule has 2 nitrogen and oxygen atoms in total. The molecule has 130 valence electrons. The Morgan fingerprint density at radius 2 is 1.62 bits per heavy atom. The maximum atomic E-state index is 12.1. The quantitative estimate of drug-likeness (QED) is 0.513. The van der Waals surface area contributed by atoms with Crippen LogP contribution in [0.1, 0.15) is 47.2 Å². The Kier molecular flexibility index (Phi) is 4.57. The summed E-state index contributed by atoms with van der Waals surface area (Å²) in [7, 11) is 0. The first-order chi connectivity index (χ1) is 12.7. The van der Waals surface area contributed by atoms with E-state index in [1.165, 1.54) is 18.4 Å². The molecule has 0 atom stereocenters. The van der Waals surface area contributed by atoms with E-state index in [4.69, 9.17) is 4.74 Å². The van der Waals surface area contributed by atoms with Crippen molar-refractivity contribution in [1.29, 1.82) is 0 Å². The van der Waals surface area contributed by atoms with Crippen LogP contribution in [0.25, 0.3) is 11.1 Å². The Bertz CT molecular complexity index is 907. The molecule has 3 aromatic carbocycles. The van der Waals surface area contributed by atoms with Crippen LogP contribution in [0.3, 0.4) is 0 Å². The number of carbonyl (C=O) groups excluding carboxylic acids is 1. The number of Topliss-reactive ketones (excluding diaryl/α,β-unsaturated/α-hetero) is 1. The summed E-state index contributed by atoms with van der Waals surface area (Å²) in [5, 5.41) is 0. The normalized spacial score (nSPS) is 13.4. The van der Waals surface area contributed by atoms with E-state index in [9.17, 15) is 4.79 Å². The van der Waals surface area contributed by atoms with Crippen LogP contribution < -0.4 is 4.74 Å². The minimum atomic E-state index is 0.0181. The van der Waals surface area contributed by atoms with Gasteiger partial charge in [0.15, 0.2) is 5.78 Å². The monoisotopic (exact) mass is 342 g/mol. The van der Waals surface area contributed by atoms with Crippen LogP contribution in [0.5, 0.6) is 5.75 Å². The summed E-state index contributed by atoms with van der Waals surface area (Å²) in [5.41, 5.74) is 5.31. The molecule has 0 radical (unpaired) electrons. The molecule has 1 aliphatic rings. The van der Waals surface area contributed by atoms with E-state index < -0.39 is 0 Å². The van der Waals surface area contributed by atoms with Crippen LogP contribution >= 0.6 is 0 Å². The van der Waals surface area contributed by atoms with Crippen molar-refractivity contribution < 1.29 is 9.53 Å². The molecular weight excluding hydrogens is 320 g/mol. The second-order valence-electron chi connectivity index (χ2n) is 6.94. The zero-order valence-corrected chi connectivity index (χ0v) is 14.9. The molecule has 0 N–H and O–H groups in total. The molecule has 2 heteroatoms. The van der Waals surface area contributed by atoms with Gasteiger partial charge in [-0.15, -0.1) is 0 Å². The highest BCUT2D eigenvalue weighted by atomic mass is 16.5. The van der Waals surface area contributed by atoms with Gasteiger partial charge in [-0.25, -0.2) is 0 Å². The van der Waals surface area contributed by atoms with Gasteiger partial charge >= 0.3 is 0 Å². The second-order valence-corrected chi connectivity index (χ2v) is 6.94. The molecule has 0 bridgehead atoms. The number of ether oxygens (including phenoxy) is 1. The van der Waals surface area contributed by atoms with E-state index in [0.29, 0.717) is 17.9 Å². The minimum Gasteiger partial charge on any atom is -0.488 e. The van der Waals surface area contributed by atoms with Crippen LogP contribution in [-0.4, -0.2) is 5.78 Å². The Hall–Kier alpha value is -2.87. The molecule has 0 unspecified atom stereocenters. The van der Waals surface area contributed by atoms with E-state index in [2.05, 4.69) is 24.3 Å². The highest BCUT2D eigenvalue weighted by Crippen LogP contribution is 2.40. The largest absolute Gasteiger partial charge is 0.488 e. The van der Waals surface area contributed by atoms with E-state index in [-0.39, 0.29) is 5.78 Å². The third-order valence-electron chi connectivity index (χ3n) is 4.89. The molecule has 3 aromatic rings. The SMILES string of the molecule is CC(=O)c1cc(-c2ccc(C3CC3)cc2)ccc1OCc1ccccc1. The lowest BCUT2D eigenvalue weighted by molar-refractivity contribution is 0.101. The lowest BCUT2D eigenvalue weighted by Gasteiger charge is -2.12. The number of ketones is 1. The van der Waals surface area contributed by atoms with Gasteiger partial charge in [-0.1, -0.05) is 60.7 Å². The van der Waals surface area contributed by atoms with E-state index >= 15 is 0 Å².